The Morgan fingerprint density at radius 3 is 2.33 bits per heavy atom. The molecule has 0 spiro atoms. The monoisotopic (exact) mass is 247 g/mol. The van der Waals surface area contributed by atoms with Crippen LogP contribution in [0.3, 0.4) is 0 Å². The van der Waals surface area contributed by atoms with E-state index in [9.17, 15) is 4.39 Å². The van der Waals surface area contributed by atoms with Crippen LogP contribution in [0.25, 0.3) is 0 Å². The first-order valence-corrected chi connectivity index (χ1v) is 6.07. The zero-order chi connectivity index (χ0) is 13.1. The Balaban J connectivity index is 2.33. The van der Waals surface area contributed by atoms with Crippen molar-refractivity contribution in [3.8, 4) is 0 Å². The Bertz CT molecular complexity index is 502. The molecule has 0 fully saturated rings. The molecule has 0 radical (unpaired) electrons. The number of hydrogen-bond donors (Lipinski definition) is 1. The Kier molecular flexibility index (Phi) is 3.77. The van der Waals surface area contributed by atoms with E-state index >= 15 is 0 Å². The molecule has 96 valence electrons. The largest absolute Gasteiger partial charge is 0.303 e. The van der Waals surface area contributed by atoms with Gasteiger partial charge in [-0.1, -0.05) is 12.1 Å². The fourth-order valence-corrected chi connectivity index (χ4v) is 1.93. The minimum Gasteiger partial charge on any atom is -0.303 e. The summed E-state index contributed by atoms with van der Waals surface area (Å²) in [6.07, 6.45) is 1.91. The second-order valence-electron chi connectivity index (χ2n) is 4.72. The predicted octanol–water partition coefficient (Wildman–Crippen LogP) is 2.65. The van der Waals surface area contributed by atoms with E-state index in [2.05, 4.69) is 24.3 Å². The predicted molar refractivity (Wildman–Crippen MR) is 69.7 cm³/mol. The molecule has 3 nitrogen and oxygen atoms in total. The molecule has 0 aliphatic carbocycles. The second kappa shape index (κ2) is 5.31. The van der Waals surface area contributed by atoms with Gasteiger partial charge in [-0.2, -0.15) is 5.10 Å². The molecule has 0 saturated heterocycles. The molecule has 0 saturated carbocycles. The van der Waals surface area contributed by atoms with Gasteiger partial charge in [-0.15, -0.1) is 0 Å². The van der Waals surface area contributed by atoms with Crippen molar-refractivity contribution in [1.82, 2.24) is 15.1 Å². The van der Waals surface area contributed by atoms with E-state index in [1.807, 2.05) is 19.3 Å². The lowest BCUT2D eigenvalue weighted by atomic mass is 10.0. The standard InChI is InChI=1S/C14H18FN3/c1-10(2)16-14(13-8-9-18(3)17-13)11-4-6-12(15)7-5-11/h4-10,14,16H,1-3H3/t14-/m1/s1. The molecular weight excluding hydrogens is 229 g/mol. The van der Waals surface area contributed by atoms with Gasteiger partial charge >= 0.3 is 0 Å². The van der Waals surface area contributed by atoms with Crippen LogP contribution in [0.15, 0.2) is 36.5 Å². The van der Waals surface area contributed by atoms with Crippen LogP contribution in [0.2, 0.25) is 0 Å². The van der Waals surface area contributed by atoms with Crippen LogP contribution in [0.4, 0.5) is 4.39 Å². The van der Waals surface area contributed by atoms with Crippen LogP contribution >= 0.6 is 0 Å². The first-order chi connectivity index (χ1) is 8.56. The third-order valence-electron chi connectivity index (χ3n) is 2.73. The Morgan fingerprint density at radius 1 is 1.17 bits per heavy atom. The SMILES string of the molecule is CC(C)N[C@H](c1ccc(F)cc1)c1ccn(C)n1. The third-order valence-corrected chi connectivity index (χ3v) is 2.73. The van der Waals surface area contributed by atoms with E-state index in [0.717, 1.165) is 11.3 Å². The highest BCUT2D eigenvalue weighted by Gasteiger charge is 2.17. The molecule has 2 aromatic rings. The molecule has 0 aliphatic heterocycles. The zero-order valence-electron chi connectivity index (χ0n) is 10.9. The van der Waals surface area contributed by atoms with E-state index in [1.165, 1.54) is 12.1 Å². The first kappa shape index (κ1) is 12.8. The summed E-state index contributed by atoms with van der Waals surface area (Å²) in [5.74, 6) is -0.219. The molecule has 0 unspecified atom stereocenters. The lowest BCUT2D eigenvalue weighted by Gasteiger charge is -2.20. The molecule has 1 aromatic heterocycles. The number of nitrogens with one attached hydrogen (secondary N) is 1. The van der Waals surface area contributed by atoms with Crippen molar-refractivity contribution in [3.63, 3.8) is 0 Å². The Hall–Kier alpha value is -1.68. The van der Waals surface area contributed by atoms with Crippen molar-refractivity contribution in [1.29, 1.82) is 0 Å². The number of hydrogen-bond acceptors (Lipinski definition) is 2. The topological polar surface area (TPSA) is 29.9 Å². The number of benzene rings is 1. The van der Waals surface area contributed by atoms with Gasteiger partial charge in [0, 0.05) is 19.3 Å². The van der Waals surface area contributed by atoms with Gasteiger partial charge < -0.3 is 5.32 Å². The molecule has 1 aromatic carbocycles. The quantitative estimate of drug-likeness (QED) is 0.900. The molecule has 0 bridgehead atoms. The van der Waals surface area contributed by atoms with Gasteiger partial charge in [0.1, 0.15) is 5.82 Å². The van der Waals surface area contributed by atoms with E-state index in [1.54, 1.807) is 16.8 Å². The second-order valence-corrected chi connectivity index (χ2v) is 4.72. The summed E-state index contributed by atoms with van der Waals surface area (Å²) in [5, 5.41) is 7.87. The minimum atomic E-state index is -0.219. The van der Waals surface area contributed by atoms with Crippen molar-refractivity contribution in [3.05, 3.63) is 53.6 Å². The van der Waals surface area contributed by atoms with E-state index in [0.29, 0.717) is 6.04 Å². The molecular formula is C14H18FN3. The van der Waals surface area contributed by atoms with Crippen LogP contribution in [0.5, 0.6) is 0 Å². The lowest BCUT2D eigenvalue weighted by molar-refractivity contribution is 0.513. The van der Waals surface area contributed by atoms with Crippen LogP contribution in [0, 0.1) is 5.82 Å². The summed E-state index contributed by atoms with van der Waals surface area (Å²) in [7, 11) is 1.89. The number of aryl methyl sites for hydroxylation is 1. The molecule has 18 heavy (non-hydrogen) atoms. The summed E-state index contributed by atoms with van der Waals surface area (Å²) in [6.45, 7) is 4.17. The van der Waals surface area contributed by atoms with E-state index in [4.69, 9.17) is 0 Å². The van der Waals surface area contributed by atoms with Crippen molar-refractivity contribution in [2.45, 2.75) is 25.9 Å². The number of nitrogens with zero attached hydrogens (tertiary/aromatic N) is 2. The number of halogens is 1. The van der Waals surface area contributed by atoms with Crippen LogP contribution in [-0.4, -0.2) is 15.8 Å². The molecule has 1 N–H and O–H groups in total. The molecule has 1 atom stereocenters. The molecule has 0 aliphatic rings. The highest BCUT2D eigenvalue weighted by Crippen LogP contribution is 2.21. The van der Waals surface area contributed by atoms with Gasteiger partial charge in [0.05, 0.1) is 11.7 Å². The van der Waals surface area contributed by atoms with Crippen molar-refractivity contribution in [2.24, 2.45) is 7.05 Å². The smallest absolute Gasteiger partial charge is 0.123 e. The summed E-state index contributed by atoms with van der Waals surface area (Å²) in [5.41, 5.74) is 1.96. The van der Waals surface area contributed by atoms with E-state index < -0.39 is 0 Å². The summed E-state index contributed by atoms with van der Waals surface area (Å²) in [4.78, 5) is 0. The van der Waals surface area contributed by atoms with Crippen LogP contribution in [-0.2, 0) is 7.05 Å². The molecule has 0 amide bonds. The normalized spacial score (nSPS) is 12.9. The molecule has 2 rings (SSSR count). The third kappa shape index (κ3) is 2.96. The average molecular weight is 247 g/mol. The summed E-state index contributed by atoms with van der Waals surface area (Å²) >= 11 is 0. The van der Waals surface area contributed by atoms with Gasteiger partial charge in [-0.05, 0) is 37.6 Å². The van der Waals surface area contributed by atoms with Crippen molar-refractivity contribution >= 4 is 0 Å². The van der Waals surface area contributed by atoms with Gasteiger partial charge in [0.2, 0.25) is 0 Å². The average Bonchev–Trinajstić information content (AvgIpc) is 2.74. The van der Waals surface area contributed by atoms with E-state index in [-0.39, 0.29) is 11.9 Å². The maximum Gasteiger partial charge on any atom is 0.123 e. The number of aromatic nitrogens is 2. The number of rotatable bonds is 4. The Labute approximate surface area is 107 Å². The first-order valence-electron chi connectivity index (χ1n) is 6.07. The van der Waals surface area contributed by atoms with Crippen LogP contribution in [0.1, 0.15) is 31.1 Å². The summed E-state index contributed by atoms with van der Waals surface area (Å²) < 4.78 is 14.8. The molecule has 1 heterocycles. The minimum absolute atomic E-state index is 0.00759. The van der Waals surface area contributed by atoms with Gasteiger partial charge in [-0.3, -0.25) is 4.68 Å². The zero-order valence-corrected chi connectivity index (χ0v) is 10.9. The van der Waals surface area contributed by atoms with Gasteiger partial charge in [-0.25, -0.2) is 4.39 Å². The van der Waals surface area contributed by atoms with Gasteiger partial charge in [0.15, 0.2) is 0 Å². The Morgan fingerprint density at radius 2 is 1.83 bits per heavy atom. The van der Waals surface area contributed by atoms with Gasteiger partial charge in [0.25, 0.3) is 0 Å². The maximum atomic E-state index is 13.0. The lowest BCUT2D eigenvalue weighted by Crippen LogP contribution is -2.29. The highest BCUT2D eigenvalue weighted by molar-refractivity contribution is 5.27. The molecule has 4 heteroatoms. The van der Waals surface area contributed by atoms with Crippen LogP contribution < -0.4 is 5.32 Å². The fourth-order valence-electron chi connectivity index (χ4n) is 1.93. The highest BCUT2D eigenvalue weighted by atomic mass is 19.1. The van der Waals surface area contributed by atoms with Crippen molar-refractivity contribution < 1.29 is 4.39 Å². The maximum absolute atomic E-state index is 13.0. The van der Waals surface area contributed by atoms with Crippen molar-refractivity contribution in [2.75, 3.05) is 0 Å². The summed E-state index contributed by atoms with van der Waals surface area (Å²) in [6, 6.07) is 8.84. The fraction of sp³-hybridized carbons (Fsp3) is 0.357.